The van der Waals surface area contributed by atoms with Crippen molar-refractivity contribution in [3.8, 4) is 0 Å². The predicted molar refractivity (Wildman–Crippen MR) is 74.9 cm³/mol. The van der Waals surface area contributed by atoms with E-state index in [9.17, 15) is 8.42 Å². The van der Waals surface area contributed by atoms with E-state index in [-0.39, 0.29) is 4.90 Å². The zero-order chi connectivity index (χ0) is 13.3. The van der Waals surface area contributed by atoms with Gasteiger partial charge in [-0.2, -0.15) is 0 Å². The third kappa shape index (κ3) is 2.40. The van der Waals surface area contributed by atoms with E-state index < -0.39 is 10.0 Å². The van der Waals surface area contributed by atoms with Gasteiger partial charge in [0.05, 0.1) is 0 Å². The van der Waals surface area contributed by atoms with Crippen LogP contribution < -0.4 is 10.0 Å². The number of primary sulfonamides is 1. The van der Waals surface area contributed by atoms with E-state index in [4.69, 9.17) is 5.14 Å². The Labute approximate surface area is 111 Å². The van der Waals surface area contributed by atoms with Gasteiger partial charge in [-0.1, -0.05) is 18.2 Å². The van der Waals surface area contributed by atoms with E-state index in [2.05, 4.69) is 0 Å². The van der Waals surface area contributed by atoms with Crippen LogP contribution in [0.1, 0.15) is 5.56 Å². The number of thiophene rings is 1. The van der Waals surface area contributed by atoms with Crippen LogP contribution in [0.3, 0.4) is 0 Å². The molecule has 0 aliphatic carbocycles. The van der Waals surface area contributed by atoms with Crippen molar-refractivity contribution in [3.05, 3.63) is 41.3 Å². The quantitative estimate of drug-likeness (QED) is 0.940. The summed E-state index contributed by atoms with van der Waals surface area (Å²) in [5.41, 5.74) is 1.60. The summed E-state index contributed by atoms with van der Waals surface area (Å²) in [4.78, 5) is 2.04. The van der Waals surface area contributed by atoms with Gasteiger partial charge in [0.1, 0.15) is 9.90 Å². The molecule has 0 aliphatic rings. The molecule has 0 saturated heterocycles. The van der Waals surface area contributed by atoms with Crippen LogP contribution in [0.15, 0.2) is 40.6 Å². The molecule has 2 aromatic rings. The molecule has 2 rings (SSSR count). The fraction of sp³-hybridized carbons (Fsp3) is 0.167. The van der Waals surface area contributed by atoms with Crippen molar-refractivity contribution in [3.63, 3.8) is 0 Å². The fourth-order valence-corrected chi connectivity index (χ4v) is 4.16. The van der Waals surface area contributed by atoms with Gasteiger partial charge in [0, 0.05) is 12.7 Å². The van der Waals surface area contributed by atoms with Gasteiger partial charge < -0.3 is 4.90 Å². The third-order valence-corrected chi connectivity index (χ3v) is 5.02. The Kier molecular flexibility index (Phi) is 3.43. The highest BCUT2D eigenvalue weighted by atomic mass is 32.2. The minimum absolute atomic E-state index is 0.207. The Morgan fingerprint density at radius 3 is 2.39 bits per heavy atom. The third-order valence-electron chi connectivity index (χ3n) is 2.63. The van der Waals surface area contributed by atoms with Crippen LogP contribution in [-0.4, -0.2) is 15.5 Å². The molecule has 1 heterocycles. The van der Waals surface area contributed by atoms with Gasteiger partial charge in [0.15, 0.2) is 0 Å². The molecule has 1 aromatic heterocycles. The van der Waals surface area contributed by atoms with Crippen LogP contribution >= 0.6 is 11.3 Å². The maximum atomic E-state index is 11.6. The molecular formula is C12H14N2O2S2. The van der Waals surface area contributed by atoms with Gasteiger partial charge in [-0.05, 0) is 30.0 Å². The van der Waals surface area contributed by atoms with Gasteiger partial charge in [-0.25, -0.2) is 13.6 Å². The Hall–Kier alpha value is -1.37. The van der Waals surface area contributed by atoms with Crippen molar-refractivity contribution in [1.82, 2.24) is 0 Å². The maximum absolute atomic E-state index is 11.6. The minimum Gasteiger partial charge on any atom is -0.335 e. The summed E-state index contributed by atoms with van der Waals surface area (Å²) in [6, 6.07) is 9.56. The van der Waals surface area contributed by atoms with Crippen molar-refractivity contribution >= 4 is 32.0 Å². The number of anilines is 2. The Bertz CT molecular complexity index is 648. The Balaban J connectivity index is 2.54. The lowest BCUT2D eigenvalue weighted by molar-refractivity contribution is 0.597. The summed E-state index contributed by atoms with van der Waals surface area (Å²) in [6.45, 7) is 1.75. The average Bonchev–Trinajstić information content (AvgIpc) is 2.71. The smallest absolute Gasteiger partial charge is 0.241 e. The molecular weight excluding hydrogens is 268 g/mol. The van der Waals surface area contributed by atoms with Crippen LogP contribution in [0, 0.1) is 6.92 Å². The first-order valence-electron chi connectivity index (χ1n) is 5.31. The summed E-state index contributed by atoms with van der Waals surface area (Å²) in [5.74, 6) is 0. The van der Waals surface area contributed by atoms with E-state index in [1.165, 1.54) is 11.3 Å². The molecule has 0 spiro atoms. The number of hydrogen-bond donors (Lipinski definition) is 1. The second-order valence-corrected chi connectivity index (χ2v) is 6.35. The molecule has 1 aromatic carbocycles. The minimum atomic E-state index is -3.71. The Morgan fingerprint density at radius 2 is 1.83 bits per heavy atom. The zero-order valence-corrected chi connectivity index (χ0v) is 11.8. The van der Waals surface area contributed by atoms with Crippen LogP contribution in [-0.2, 0) is 10.0 Å². The van der Waals surface area contributed by atoms with E-state index in [0.717, 1.165) is 5.69 Å². The number of sulfonamides is 1. The Morgan fingerprint density at radius 1 is 1.22 bits per heavy atom. The second kappa shape index (κ2) is 4.72. The summed E-state index contributed by atoms with van der Waals surface area (Å²) in [7, 11) is -1.88. The van der Waals surface area contributed by atoms with Crippen molar-refractivity contribution < 1.29 is 8.42 Å². The van der Waals surface area contributed by atoms with Crippen molar-refractivity contribution in [2.24, 2.45) is 5.14 Å². The van der Waals surface area contributed by atoms with Crippen LogP contribution in [0.5, 0.6) is 0 Å². The van der Waals surface area contributed by atoms with E-state index in [1.54, 1.807) is 12.3 Å². The predicted octanol–water partition coefficient (Wildman–Crippen LogP) is 2.47. The van der Waals surface area contributed by atoms with Crippen LogP contribution in [0.2, 0.25) is 0 Å². The number of hydrogen-bond acceptors (Lipinski definition) is 4. The van der Waals surface area contributed by atoms with Crippen molar-refractivity contribution in [2.75, 3.05) is 11.9 Å². The molecule has 0 unspecified atom stereocenters. The number of rotatable bonds is 3. The number of benzene rings is 1. The zero-order valence-electron chi connectivity index (χ0n) is 10.1. The molecule has 0 atom stereocenters. The average molecular weight is 282 g/mol. The van der Waals surface area contributed by atoms with Crippen molar-refractivity contribution in [1.29, 1.82) is 0 Å². The summed E-state index contributed by atoms with van der Waals surface area (Å²) in [6.07, 6.45) is 0. The van der Waals surface area contributed by atoms with Crippen LogP contribution in [0.4, 0.5) is 10.7 Å². The number of nitrogens with zero attached hydrogens (tertiary/aromatic N) is 1. The van der Waals surface area contributed by atoms with Crippen molar-refractivity contribution in [2.45, 2.75) is 11.8 Å². The van der Waals surface area contributed by atoms with Gasteiger partial charge in [-0.15, -0.1) is 11.3 Å². The first kappa shape index (κ1) is 13.1. The highest BCUT2D eigenvalue weighted by Crippen LogP contribution is 2.37. The normalized spacial score (nSPS) is 11.5. The molecule has 0 saturated carbocycles. The molecule has 0 aliphatic heterocycles. The van der Waals surface area contributed by atoms with Gasteiger partial charge in [0.2, 0.25) is 10.0 Å². The van der Waals surface area contributed by atoms with E-state index >= 15 is 0 Å². The topological polar surface area (TPSA) is 63.4 Å². The molecule has 6 heteroatoms. The summed E-state index contributed by atoms with van der Waals surface area (Å²) >= 11 is 1.37. The molecule has 0 radical (unpaired) electrons. The molecule has 2 N–H and O–H groups in total. The monoisotopic (exact) mass is 282 g/mol. The van der Waals surface area contributed by atoms with Gasteiger partial charge >= 0.3 is 0 Å². The summed E-state index contributed by atoms with van der Waals surface area (Å²) in [5, 5.41) is 7.71. The highest BCUT2D eigenvalue weighted by Gasteiger charge is 2.22. The first-order chi connectivity index (χ1) is 8.41. The number of nitrogens with two attached hydrogens (primary N) is 1. The van der Waals surface area contributed by atoms with E-state index in [1.807, 2.05) is 42.3 Å². The molecule has 96 valence electrons. The molecule has 0 amide bonds. The van der Waals surface area contributed by atoms with Gasteiger partial charge in [-0.3, -0.25) is 0 Å². The summed E-state index contributed by atoms with van der Waals surface area (Å²) < 4.78 is 23.3. The highest BCUT2D eigenvalue weighted by molar-refractivity contribution is 7.89. The van der Waals surface area contributed by atoms with Crippen LogP contribution in [0.25, 0.3) is 0 Å². The second-order valence-electron chi connectivity index (χ2n) is 3.99. The lowest BCUT2D eigenvalue weighted by Crippen LogP contribution is -2.17. The molecule has 0 fully saturated rings. The maximum Gasteiger partial charge on any atom is 0.241 e. The standard InChI is InChI=1S/C12H14N2O2S2/c1-9-8-17-12(11(9)18(13,15)16)14(2)10-6-4-3-5-7-10/h3-8H,1-2H3,(H2,13,15,16). The number of para-hydroxylation sites is 1. The lowest BCUT2D eigenvalue weighted by Gasteiger charge is -2.18. The molecule has 18 heavy (non-hydrogen) atoms. The fourth-order valence-electron chi connectivity index (χ4n) is 1.77. The first-order valence-corrected chi connectivity index (χ1v) is 7.73. The number of aryl methyl sites for hydroxylation is 1. The van der Waals surface area contributed by atoms with E-state index in [0.29, 0.717) is 10.6 Å². The molecule has 4 nitrogen and oxygen atoms in total. The largest absolute Gasteiger partial charge is 0.335 e. The SMILES string of the molecule is Cc1csc(N(C)c2ccccc2)c1S(N)(=O)=O. The lowest BCUT2D eigenvalue weighted by atomic mass is 10.3. The van der Waals surface area contributed by atoms with Gasteiger partial charge in [0.25, 0.3) is 0 Å². The molecule has 0 bridgehead atoms.